The number of carbonyl (C=O) groups is 1. The van der Waals surface area contributed by atoms with Gasteiger partial charge in [0.25, 0.3) is 0 Å². The Kier molecular flexibility index (Phi) is 7.69. The van der Waals surface area contributed by atoms with Crippen molar-refractivity contribution in [3.05, 3.63) is 29.8 Å². The first-order chi connectivity index (χ1) is 11.6. The summed E-state index contributed by atoms with van der Waals surface area (Å²) in [6.45, 7) is 3.35. The van der Waals surface area contributed by atoms with Crippen molar-refractivity contribution < 1.29 is 14.6 Å². The van der Waals surface area contributed by atoms with Crippen molar-refractivity contribution in [1.82, 2.24) is 5.32 Å². The summed E-state index contributed by atoms with van der Waals surface area (Å²) in [5.41, 5.74) is 1.85. The Hall–Kier alpha value is -1.14. The standard InChI is InChI=1S/C19H28N2O3.ClH/c1-13-4-2-7-17(8-13)24-12-14-5-3-6-15(9-14)21-19(23)18-10-16(22)11-20-18;/h3,5-6,9,13,16-18,20,22H,2,4,7-8,10-12H2,1H3,(H,21,23);1H. The monoisotopic (exact) mass is 368 g/mol. The second-order valence-corrected chi connectivity index (χ2v) is 7.24. The molecule has 4 unspecified atom stereocenters. The molecule has 0 bridgehead atoms. The minimum Gasteiger partial charge on any atom is -0.392 e. The van der Waals surface area contributed by atoms with Gasteiger partial charge in [-0.2, -0.15) is 0 Å². The van der Waals surface area contributed by atoms with Crippen LogP contribution in [-0.2, 0) is 16.1 Å². The lowest BCUT2D eigenvalue weighted by molar-refractivity contribution is -0.117. The van der Waals surface area contributed by atoms with Crippen LogP contribution in [0.4, 0.5) is 5.69 Å². The van der Waals surface area contributed by atoms with Crippen molar-refractivity contribution in [2.75, 3.05) is 11.9 Å². The molecule has 1 saturated carbocycles. The van der Waals surface area contributed by atoms with Crippen molar-refractivity contribution in [2.24, 2.45) is 5.92 Å². The summed E-state index contributed by atoms with van der Waals surface area (Å²) in [4.78, 5) is 12.2. The van der Waals surface area contributed by atoms with E-state index in [2.05, 4.69) is 17.6 Å². The van der Waals surface area contributed by atoms with E-state index in [4.69, 9.17) is 4.74 Å². The third-order valence-corrected chi connectivity index (χ3v) is 4.99. The number of aliphatic hydroxyl groups excluding tert-OH is 1. The number of halogens is 1. The van der Waals surface area contributed by atoms with E-state index in [-0.39, 0.29) is 24.4 Å². The van der Waals surface area contributed by atoms with Crippen molar-refractivity contribution in [2.45, 2.75) is 63.9 Å². The number of hydrogen-bond donors (Lipinski definition) is 3. The molecule has 0 aromatic heterocycles. The molecule has 1 amide bonds. The predicted molar refractivity (Wildman–Crippen MR) is 101 cm³/mol. The van der Waals surface area contributed by atoms with Gasteiger partial charge in [0, 0.05) is 12.2 Å². The van der Waals surface area contributed by atoms with Crippen LogP contribution in [-0.4, -0.2) is 35.8 Å². The molecule has 4 atom stereocenters. The summed E-state index contributed by atoms with van der Waals surface area (Å²) in [5.74, 6) is 0.661. The van der Waals surface area contributed by atoms with Gasteiger partial charge in [-0.15, -0.1) is 12.4 Å². The summed E-state index contributed by atoms with van der Waals surface area (Å²) < 4.78 is 6.06. The quantitative estimate of drug-likeness (QED) is 0.747. The summed E-state index contributed by atoms with van der Waals surface area (Å²) >= 11 is 0. The minimum absolute atomic E-state index is 0. The number of hydrogen-bond acceptors (Lipinski definition) is 4. The maximum absolute atomic E-state index is 12.2. The lowest BCUT2D eigenvalue weighted by Gasteiger charge is -2.26. The van der Waals surface area contributed by atoms with E-state index >= 15 is 0 Å². The van der Waals surface area contributed by atoms with Gasteiger partial charge in [-0.05, 0) is 42.9 Å². The first-order valence-corrected chi connectivity index (χ1v) is 9.03. The number of carbonyl (C=O) groups excluding carboxylic acids is 1. The van der Waals surface area contributed by atoms with Gasteiger partial charge in [-0.1, -0.05) is 31.9 Å². The molecular formula is C19H29ClN2O3. The number of anilines is 1. The van der Waals surface area contributed by atoms with E-state index in [0.29, 0.717) is 25.7 Å². The summed E-state index contributed by atoms with van der Waals surface area (Å²) in [5, 5.41) is 15.5. The summed E-state index contributed by atoms with van der Waals surface area (Å²) in [7, 11) is 0. The van der Waals surface area contributed by atoms with Crippen molar-refractivity contribution in [3.8, 4) is 0 Å². The van der Waals surface area contributed by atoms with Crippen LogP contribution in [0.3, 0.4) is 0 Å². The highest BCUT2D eigenvalue weighted by Gasteiger charge is 2.28. The summed E-state index contributed by atoms with van der Waals surface area (Å²) in [6, 6.07) is 7.50. The molecule has 0 radical (unpaired) electrons. The molecule has 6 heteroatoms. The molecule has 1 aromatic rings. The van der Waals surface area contributed by atoms with Crippen LogP contribution < -0.4 is 10.6 Å². The fraction of sp³-hybridized carbons (Fsp3) is 0.632. The molecule has 3 rings (SSSR count). The van der Waals surface area contributed by atoms with Crippen molar-refractivity contribution in [1.29, 1.82) is 0 Å². The Labute approximate surface area is 155 Å². The molecule has 5 nitrogen and oxygen atoms in total. The van der Waals surface area contributed by atoms with Gasteiger partial charge in [-0.25, -0.2) is 0 Å². The van der Waals surface area contributed by atoms with Crippen LogP contribution in [0.5, 0.6) is 0 Å². The van der Waals surface area contributed by atoms with E-state index in [1.54, 1.807) is 0 Å². The molecule has 1 aromatic carbocycles. The third kappa shape index (κ3) is 5.96. The van der Waals surface area contributed by atoms with E-state index in [9.17, 15) is 9.90 Å². The van der Waals surface area contributed by atoms with Crippen molar-refractivity contribution in [3.63, 3.8) is 0 Å². The molecule has 2 aliphatic rings. The highest BCUT2D eigenvalue weighted by atomic mass is 35.5. The summed E-state index contributed by atoms with van der Waals surface area (Å²) in [6.07, 6.45) is 5.25. The SMILES string of the molecule is CC1CCCC(OCc2cccc(NC(=O)C3CC(O)CN3)c2)C1.Cl. The molecule has 1 aliphatic heterocycles. The highest BCUT2D eigenvalue weighted by molar-refractivity contribution is 5.95. The van der Waals surface area contributed by atoms with Gasteiger partial charge in [0.05, 0.1) is 24.9 Å². The predicted octanol–water partition coefficient (Wildman–Crippen LogP) is 2.87. The maximum atomic E-state index is 12.2. The lowest BCUT2D eigenvalue weighted by atomic mass is 9.89. The van der Waals surface area contributed by atoms with Crippen molar-refractivity contribution >= 4 is 24.0 Å². The lowest BCUT2D eigenvalue weighted by Crippen LogP contribution is -2.35. The Morgan fingerprint density at radius 3 is 2.92 bits per heavy atom. The number of nitrogens with one attached hydrogen (secondary N) is 2. The fourth-order valence-corrected chi connectivity index (χ4v) is 3.63. The van der Waals surface area contributed by atoms with Crippen LogP contribution in [0.2, 0.25) is 0 Å². The Bertz CT molecular complexity index is 569. The Morgan fingerprint density at radius 1 is 1.36 bits per heavy atom. The minimum atomic E-state index is -0.432. The van der Waals surface area contributed by atoms with Gasteiger partial charge >= 0.3 is 0 Å². The molecule has 2 fully saturated rings. The number of ether oxygens (including phenoxy) is 1. The zero-order chi connectivity index (χ0) is 16.9. The third-order valence-electron chi connectivity index (χ3n) is 4.99. The first kappa shape index (κ1) is 20.2. The van der Waals surface area contributed by atoms with Gasteiger partial charge in [-0.3, -0.25) is 4.79 Å². The zero-order valence-electron chi connectivity index (χ0n) is 14.7. The van der Waals surface area contributed by atoms with Crippen LogP contribution in [0.1, 0.15) is 44.6 Å². The molecular weight excluding hydrogens is 340 g/mol. The van der Waals surface area contributed by atoms with Crippen LogP contribution >= 0.6 is 12.4 Å². The van der Waals surface area contributed by atoms with E-state index in [1.165, 1.54) is 12.8 Å². The number of rotatable bonds is 5. The van der Waals surface area contributed by atoms with E-state index < -0.39 is 6.10 Å². The molecule has 1 saturated heterocycles. The second kappa shape index (κ2) is 9.53. The van der Waals surface area contributed by atoms with E-state index in [0.717, 1.165) is 30.0 Å². The zero-order valence-corrected chi connectivity index (χ0v) is 15.6. The normalized spacial score (nSPS) is 29.0. The number of benzene rings is 1. The number of aliphatic hydroxyl groups is 1. The fourth-order valence-electron chi connectivity index (χ4n) is 3.63. The number of β-amino-alcohol motifs (C(OH)–C–C–N with tert-alkyl or cyclic N) is 1. The highest BCUT2D eigenvalue weighted by Crippen LogP contribution is 2.26. The van der Waals surface area contributed by atoms with Crippen LogP contribution in [0.25, 0.3) is 0 Å². The Balaban J connectivity index is 0.00000225. The topological polar surface area (TPSA) is 70.6 Å². The van der Waals surface area contributed by atoms with Gasteiger partial charge in [0.15, 0.2) is 0 Å². The van der Waals surface area contributed by atoms with Gasteiger partial charge in [0.1, 0.15) is 0 Å². The second-order valence-electron chi connectivity index (χ2n) is 7.24. The Morgan fingerprint density at radius 2 is 2.20 bits per heavy atom. The first-order valence-electron chi connectivity index (χ1n) is 9.03. The molecule has 3 N–H and O–H groups in total. The smallest absolute Gasteiger partial charge is 0.241 e. The van der Waals surface area contributed by atoms with E-state index in [1.807, 2.05) is 24.3 Å². The van der Waals surface area contributed by atoms with Crippen LogP contribution in [0.15, 0.2) is 24.3 Å². The van der Waals surface area contributed by atoms with Crippen LogP contribution in [0, 0.1) is 5.92 Å². The average Bonchev–Trinajstić information content (AvgIpc) is 3.00. The van der Waals surface area contributed by atoms with Gasteiger partial charge in [0.2, 0.25) is 5.91 Å². The molecule has 0 spiro atoms. The number of amides is 1. The molecule has 140 valence electrons. The maximum Gasteiger partial charge on any atom is 0.241 e. The molecule has 1 heterocycles. The molecule has 1 aliphatic carbocycles. The average molecular weight is 369 g/mol. The largest absolute Gasteiger partial charge is 0.392 e. The van der Waals surface area contributed by atoms with Gasteiger partial charge < -0.3 is 20.5 Å². The molecule has 25 heavy (non-hydrogen) atoms.